The molecule has 0 spiro atoms. The molecule has 1 N–H and O–H groups in total. The van der Waals surface area contributed by atoms with Gasteiger partial charge in [-0.25, -0.2) is 0 Å². The van der Waals surface area contributed by atoms with Crippen molar-refractivity contribution < 1.29 is 4.79 Å². The molecule has 3 heteroatoms. The number of nitrogens with one attached hydrogen (secondary N) is 1. The molecule has 0 saturated carbocycles. The van der Waals surface area contributed by atoms with Gasteiger partial charge in [0, 0.05) is 31.9 Å². The summed E-state index contributed by atoms with van der Waals surface area (Å²) in [6, 6.07) is 3.99. The van der Waals surface area contributed by atoms with Gasteiger partial charge in [0.1, 0.15) is 0 Å². The zero-order valence-corrected chi connectivity index (χ0v) is 8.70. The number of rotatable bonds is 6. The molecule has 14 heavy (non-hydrogen) atoms. The van der Waals surface area contributed by atoms with Crippen LogP contribution in [0.2, 0.25) is 0 Å². The van der Waals surface area contributed by atoms with Gasteiger partial charge in [0.2, 0.25) is 5.91 Å². The Morgan fingerprint density at radius 3 is 2.71 bits per heavy atom. The largest absolute Gasteiger partial charge is 0.356 e. The fourth-order valence-corrected chi connectivity index (χ4v) is 1.29. The molecule has 1 heterocycles. The van der Waals surface area contributed by atoms with Gasteiger partial charge >= 0.3 is 0 Å². The minimum Gasteiger partial charge on any atom is -0.356 e. The molecule has 1 aromatic heterocycles. The summed E-state index contributed by atoms with van der Waals surface area (Å²) in [5, 5.41) is 2.86. The summed E-state index contributed by atoms with van der Waals surface area (Å²) >= 11 is 0. The first-order chi connectivity index (χ1) is 6.83. The lowest BCUT2D eigenvalue weighted by molar-refractivity contribution is -0.121. The minimum atomic E-state index is 0.166. The molecule has 1 rings (SSSR count). The van der Waals surface area contributed by atoms with Gasteiger partial charge < -0.3 is 9.88 Å². The third-order valence-corrected chi connectivity index (χ3v) is 2.06. The van der Waals surface area contributed by atoms with Crippen LogP contribution in [0.4, 0.5) is 0 Å². The van der Waals surface area contributed by atoms with Crippen LogP contribution in [0.25, 0.3) is 0 Å². The third-order valence-electron chi connectivity index (χ3n) is 2.06. The first-order valence-electron chi connectivity index (χ1n) is 5.20. The molecule has 0 bridgehead atoms. The van der Waals surface area contributed by atoms with Crippen molar-refractivity contribution >= 4 is 5.91 Å². The van der Waals surface area contributed by atoms with Crippen LogP contribution in [0, 0.1) is 0 Å². The highest BCUT2D eigenvalue weighted by molar-refractivity contribution is 5.75. The van der Waals surface area contributed by atoms with E-state index in [4.69, 9.17) is 0 Å². The Labute approximate surface area is 85.1 Å². The number of aromatic nitrogens is 1. The molecule has 78 valence electrons. The molecule has 1 amide bonds. The minimum absolute atomic E-state index is 0.166. The number of nitrogens with zero attached hydrogens (tertiary/aromatic N) is 1. The molecular formula is C11H18N2O. The lowest BCUT2D eigenvalue weighted by atomic mass is 10.3. The molecule has 0 aromatic carbocycles. The van der Waals surface area contributed by atoms with Crippen LogP contribution in [0.3, 0.4) is 0 Å². The molecule has 0 radical (unpaired) electrons. The molecule has 1 aromatic rings. The summed E-state index contributed by atoms with van der Waals surface area (Å²) < 4.78 is 2.09. The van der Waals surface area contributed by atoms with Gasteiger partial charge in [-0.05, 0) is 25.0 Å². The van der Waals surface area contributed by atoms with E-state index in [2.05, 4.69) is 16.8 Å². The van der Waals surface area contributed by atoms with Gasteiger partial charge in [0.15, 0.2) is 0 Å². The van der Waals surface area contributed by atoms with Crippen LogP contribution in [-0.2, 0) is 11.3 Å². The summed E-state index contributed by atoms with van der Waals surface area (Å²) in [4.78, 5) is 11.2. The van der Waals surface area contributed by atoms with E-state index in [1.807, 2.05) is 24.5 Å². The summed E-state index contributed by atoms with van der Waals surface area (Å²) in [7, 11) is 0. The lowest BCUT2D eigenvalue weighted by Gasteiger charge is -2.04. The fourth-order valence-electron chi connectivity index (χ4n) is 1.29. The van der Waals surface area contributed by atoms with E-state index in [-0.39, 0.29) is 5.91 Å². The molecule has 0 atom stereocenters. The van der Waals surface area contributed by atoms with Crippen molar-refractivity contribution in [2.24, 2.45) is 0 Å². The van der Waals surface area contributed by atoms with E-state index in [0.717, 1.165) is 25.9 Å². The van der Waals surface area contributed by atoms with Crippen molar-refractivity contribution in [2.75, 3.05) is 6.54 Å². The Bertz CT molecular complexity index is 254. The van der Waals surface area contributed by atoms with Crippen molar-refractivity contribution in [3.63, 3.8) is 0 Å². The molecule has 0 fully saturated rings. The lowest BCUT2D eigenvalue weighted by Crippen LogP contribution is -2.23. The number of aryl methyl sites for hydroxylation is 1. The predicted octanol–water partition coefficient (Wildman–Crippen LogP) is 1.79. The molecule has 0 unspecified atom stereocenters. The molecule has 0 aliphatic rings. The molecule has 3 nitrogen and oxygen atoms in total. The zero-order valence-electron chi connectivity index (χ0n) is 8.70. The maximum atomic E-state index is 11.2. The maximum Gasteiger partial charge on any atom is 0.220 e. The van der Waals surface area contributed by atoms with Crippen molar-refractivity contribution in [1.29, 1.82) is 0 Å². The number of carbonyl (C=O) groups excluding carboxylic acids is 1. The standard InChI is InChI=1S/C11H18N2O/c1-2-7-12-11(14)6-5-10-13-8-3-4-9-13/h3-4,8-9H,2,5-7,10H2,1H3,(H,12,14). The maximum absolute atomic E-state index is 11.2. The summed E-state index contributed by atoms with van der Waals surface area (Å²) in [5.41, 5.74) is 0. The predicted molar refractivity (Wildman–Crippen MR) is 57.0 cm³/mol. The van der Waals surface area contributed by atoms with E-state index in [0.29, 0.717) is 6.42 Å². The van der Waals surface area contributed by atoms with Crippen LogP contribution in [0.5, 0.6) is 0 Å². The summed E-state index contributed by atoms with van der Waals surface area (Å²) in [5.74, 6) is 0.166. The van der Waals surface area contributed by atoms with E-state index in [9.17, 15) is 4.79 Å². The van der Waals surface area contributed by atoms with Crippen LogP contribution in [-0.4, -0.2) is 17.0 Å². The van der Waals surface area contributed by atoms with Crippen molar-refractivity contribution in [1.82, 2.24) is 9.88 Å². The molecule has 0 saturated heterocycles. The number of amides is 1. The summed E-state index contributed by atoms with van der Waals surface area (Å²) in [6.45, 7) is 3.77. The molecular weight excluding hydrogens is 176 g/mol. The summed E-state index contributed by atoms with van der Waals surface area (Å²) in [6.07, 6.45) is 6.57. The second-order valence-electron chi connectivity index (χ2n) is 3.37. The first kappa shape index (κ1) is 10.8. The SMILES string of the molecule is CCCNC(=O)CCCn1cccc1. The van der Waals surface area contributed by atoms with Gasteiger partial charge in [-0.15, -0.1) is 0 Å². The zero-order chi connectivity index (χ0) is 10.2. The van der Waals surface area contributed by atoms with Crippen molar-refractivity contribution in [3.8, 4) is 0 Å². The van der Waals surface area contributed by atoms with Gasteiger partial charge in [0.25, 0.3) is 0 Å². The third kappa shape index (κ3) is 4.12. The normalized spacial score (nSPS) is 10.1. The van der Waals surface area contributed by atoms with E-state index >= 15 is 0 Å². The van der Waals surface area contributed by atoms with Crippen LogP contribution >= 0.6 is 0 Å². The smallest absolute Gasteiger partial charge is 0.220 e. The van der Waals surface area contributed by atoms with E-state index < -0.39 is 0 Å². The van der Waals surface area contributed by atoms with Crippen LogP contribution in [0.15, 0.2) is 24.5 Å². The Morgan fingerprint density at radius 1 is 1.36 bits per heavy atom. The van der Waals surface area contributed by atoms with Gasteiger partial charge in [-0.2, -0.15) is 0 Å². The topological polar surface area (TPSA) is 34.0 Å². The van der Waals surface area contributed by atoms with Crippen LogP contribution < -0.4 is 5.32 Å². The average Bonchev–Trinajstić information content (AvgIpc) is 2.67. The number of hydrogen-bond donors (Lipinski definition) is 1. The van der Waals surface area contributed by atoms with E-state index in [1.54, 1.807) is 0 Å². The van der Waals surface area contributed by atoms with Gasteiger partial charge in [0.05, 0.1) is 0 Å². The average molecular weight is 194 g/mol. The first-order valence-corrected chi connectivity index (χ1v) is 5.20. The number of hydrogen-bond acceptors (Lipinski definition) is 1. The van der Waals surface area contributed by atoms with Crippen LogP contribution in [0.1, 0.15) is 26.2 Å². The quantitative estimate of drug-likeness (QED) is 0.736. The molecule has 0 aliphatic carbocycles. The highest BCUT2D eigenvalue weighted by atomic mass is 16.1. The highest BCUT2D eigenvalue weighted by Gasteiger charge is 1.99. The Hall–Kier alpha value is -1.25. The molecule has 0 aliphatic heterocycles. The van der Waals surface area contributed by atoms with Gasteiger partial charge in [-0.3, -0.25) is 4.79 Å². The van der Waals surface area contributed by atoms with Crippen molar-refractivity contribution in [2.45, 2.75) is 32.7 Å². The Kier molecular flexibility index (Phi) is 4.83. The van der Waals surface area contributed by atoms with Gasteiger partial charge in [-0.1, -0.05) is 6.92 Å². The van der Waals surface area contributed by atoms with E-state index in [1.165, 1.54) is 0 Å². The Balaban J connectivity index is 2.06. The highest BCUT2D eigenvalue weighted by Crippen LogP contribution is 1.96. The second kappa shape index (κ2) is 6.24. The second-order valence-corrected chi connectivity index (χ2v) is 3.37. The van der Waals surface area contributed by atoms with Crippen molar-refractivity contribution in [3.05, 3.63) is 24.5 Å². The number of carbonyl (C=O) groups is 1. The monoisotopic (exact) mass is 194 g/mol. The Morgan fingerprint density at radius 2 is 2.07 bits per heavy atom. The fraction of sp³-hybridized carbons (Fsp3) is 0.545.